The second-order valence-corrected chi connectivity index (χ2v) is 3.54. The van der Waals surface area contributed by atoms with Gasteiger partial charge in [0.2, 0.25) is 11.7 Å². The van der Waals surface area contributed by atoms with Gasteiger partial charge in [0.1, 0.15) is 17.5 Å². The maximum Gasteiger partial charge on any atom is 0.278 e. The van der Waals surface area contributed by atoms with Crippen LogP contribution in [0.25, 0.3) is 0 Å². The summed E-state index contributed by atoms with van der Waals surface area (Å²) in [5.41, 5.74) is 5.04. The molecule has 90 valence electrons. The molecule has 0 saturated carbocycles. The molecule has 0 fully saturated rings. The van der Waals surface area contributed by atoms with Gasteiger partial charge in [-0.25, -0.2) is 0 Å². The molecule has 1 aromatic rings. The van der Waals surface area contributed by atoms with Gasteiger partial charge < -0.3 is 21.5 Å². The van der Waals surface area contributed by atoms with Gasteiger partial charge in [0, 0.05) is 6.20 Å². The van der Waals surface area contributed by atoms with E-state index in [2.05, 4.69) is 20.6 Å². The normalized spacial score (nSPS) is 15.1. The van der Waals surface area contributed by atoms with Gasteiger partial charge in [-0.2, -0.15) is 4.98 Å². The zero-order valence-corrected chi connectivity index (χ0v) is 8.94. The highest BCUT2D eigenvalue weighted by Crippen LogP contribution is 2.21. The van der Waals surface area contributed by atoms with Crippen molar-refractivity contribution >= 4 is 23.2 Å². The number of hydrogen-bond donors (Lipinski definition) is 5. The first-order valence-corrected chi connectivity index (χ1v) is 4.85. The smallest absolute Gasteiger partial charge is 0.278 e. The van der Waals surface area contributed by atoms with Crippen LogP contribution in [-0.2, 0) is 4.79 Å². The highest BCUT2D eigenvalue weighted by molar-refractivity contribution is 6.02. The van der Waals surface area contributed by atoms with E-state index in [4.69, 9.17) is 10.8 Å². The molecule has 1 atom stereocenters. The Balaban J connectivity index is 2.37. The lowest BCUT2D eigenvalue weighted by atomic mass is 10.2. The monoisotopic (exact) mass is 237 g/mol. The van der Waals surface area contributed by atoms with E-state index >= 15 is 0 Å². The summed E-state index contributed by atoms with van der Waals surface area (Å²) in [6.45, 7) is 1.34. The van der Waals surface area contributed by atoms with Crippen LogP contribution in [-0.4, -0.2) is 27.0 Å². The topological polar surface area (TPSA) is 133 Å². The van der Waals surface area contributed by atoms with Crippen LogP contribution in [0.3, 0.4) is 0 Å². The molecule has 0 aliphatic carbocycles. The standard InChI is InChI=1S/C9H11N5O3/c1-3(15)6(16)4-2-11-7-5(12-4)8(17)14-9(10)13-7/h2-3,12,15H,1H3,(H4,10,11,13,14,17). The van der Waals surface area contributed by atoms with Crippen molar-refractivity contribution in [2.45, 2.75) is 13.0 Å². The summed E-state index contributed by atoms with van der Waals surface area (Å²) in [7, 11) is 0. The van der Waals surface area contributed by atoms with Crippen LogP contribution in [0.2, 0.25) is 0 Å². The SMILES string of the molecule is CC(O)C(=O)C1=CNc2nc(N)[nH]c(=O)c2N1. The molecular formula is C9H11N5O3. The quantitative estimate of drug-likeness (QED) is 0.444. The number of aliphatic hydroxyl groups is 1. The number of rotatable bonds is 2. The Hall–Kier alpha value is -2.35. The number of ketones is 1. The molecule has 0 spiro atoms. The van der Waals surface area contributed by atoms with E-state index < -0.39 is 17.4 Å². The van der Waals surface area contributed by atoms with Crippen LogP contribution in [0.5, 0.6) is 0 Å². The summed E-state index contributed by atoms with van der Waals surface area (Å²) in [5, 5.41) is 14.4. The number of carbonyl (C=O) groups excluding carboxylic acids is 1. The number of nitrogens with two attached hydrogens (primary N) is 1. The number of nitrogens with zero attached hydrogens (tertiary/aromatic N) is 1. The Bertz CT molecular complexity index is 560. The van der Waals surface area contributed by atoms with Gasteiger partial charge in [0.05, 0.1) is 0 Å². The predicted molar refractivity (Wildman–Crippen MR) is 61.3 cm³/mol. The van der Waals surface area contributed by atoms with Gasteiger partial charge >= 0.3 is 0 Å². The number of aliphatic hydroxyl groups excluding tert-OH is 1. The molecule has 0 bridgehead atoms. The van der Waals surface area contributed by atoms with Crippen molar-refractivity contribution in [2.75, 3.05) is 16.4 Å². The first kappa shape index (κ1) is 11.1. The maximum absolute atomic E-state index is 11.5. The average molecular weight is 237 g/mol. The molecule has 0 aromatic carbocycles. The van der Waals surface area contributed by atoms with Crippen LogP contribution >= 0.6 is 0 Å². The van der Waals surface area contributed by atoms with Crippen molar-refractivity contribution in [3.8, 4) is 0 Å². The molecule has 17 heavy (non-hydrogen) atoms. The third kappa shape index (κ3) is 1.97. The fraction of sp³-hybridized carbons (Fsp3) is 0.222. The van der Waals surface area contributed by atoms with Crippen LogP contribution in [0.15, 0.2) is 16.7 Å². The number of hydrogen-bond acceptors (Lipinski definition) is 7. The molecule has 0 saturated heterocycles. The maximum atomic E-state index is 11.5. The molecule has 8 heteroatoms. The number of Topliss-reactive ketones (excluding diaryl/α,β-unsaturated/α-hetero) is 1. The minimum atomic E-state index is -1.15. The molecular weight excluding hydrogens is 226 g/mol. The van der Waals surface area contributed by atoms with Crippen molar-refractivity contribution in [3.63, 3.8) is 0 Å². The highest BCUT2D eigenvalue weighted by atomic mass is 16.3. The van der Waals surface area contributed by atoms with E-state index in [1.54, 1.807) is 0 Å². The van der Waals surface area contributed by atoms with Gasteiger partial charge in [-0.3, -0.25) is 14.6 Å². The van der Waals surface area contributed by atoms with E-state index in [1.165, 1.54) is 13.1 Å². The fourth-order valence-corrected chi connectivity index (χ4v) is 1.38. The minimum Gasteiger partial charge on any atom is -0.385 e. The predicted octanol–water partition coefficient (Wildman–Crippen LogP) is -1.02. The van der Waals surface area contributed by atoms with Gasteiger partial charge in [0.15, 0.2) is 5.82 Å². The van der Waals surface area contributed by atoms with Crippen LogP contribution in [0, 0.1) is 0 Å². The fourth-order valence-electron chi connectivity index (χ4n) is 1.38. The average Bonchev–Trinajstić information content (AvgIpc) is 2.27. The zero-order valence-electron chi connectivity index (χ0n) is 8.94. The van der Waals surface area contributed by atoms with E-state index in [1.807, 2.05) is 0 Å². The number of nitrogens with one attached hydrogen (secondary N) is 3. The number of carbonyl (C=O) groups is 1. The van der Waals surface area contributed by atoms with Crippen molar-refractivity contribution < 1.29 is 9.90 Å². The number of H-pyrrole nitrogens is 1. The number of aromatic amines is 1. The van der Waals surface area contributed by atoms with Crippen molar-refractivity contribution in [1.29, 1.82) is 0 Å². The summed E-state index contributed by atoms with van der Waals surface area (Å²) >= 11 is 0. The van der Waals surface area contributed by atoms with Crippen molar-refractivity contribution in [2.24, 2.45) is 0 Å². The van der Waals surface area contributed by atoms with Gasteiger partial charge in [-0.15, -0.1) is 0 Å². The number of nitrogen functional groups attached to an aromatic ring is 1. The largest absolute Gasteiger partial charge is 0.385 e. The second-order valence-electron chi connectivity index (χ2n) is 3.54. The Morgan fingerprint density at radius 1 is 1.59 bits per heavy atom. The van der Waals surface area contributed by atoms with Crippen molar-refractivity contribution in [3.05, 3.63) is 22.3 Å². The Morgan fingerprint density at radius 2 is 2.29 bits per heavy atom. The minimum absolute atomic E-state index is 0.0262. The summed E-state index contributed by atoms with van der Waals surface area (Å²) in [4.78, 5) is 29.2. The van der Waals surface area contributed by atoms with E-state index in [9.17, 15) is 9.59 Å². The third-order valence-corrected chi connectivity index (χ3v) is 2.20. The summed E-state index contributed by atoms with van der Waals surface area (Å²) in [6, 6.07) is 0. The van der Waals surface area contributed by atoms with E-state index in [0.717, 1.165) is 0 Å². The molecule has 1 aliphatic heterocycles. The van der Waals surface area contributed by atoms with E-state index in [-0.39, 0.29) is 23.2 Å². The molecule has 1 aromatic heterocycles. The molecule has 2 rings (SSSR count). The third-order valence-electron chi connectivity index (χ3n) is 2.20. The van der Waals surface area contributed by atoms with Crippen molar-refractivity contribution in [1.82, 2.24) is 9.97 Å². The Kier molecular flexibility index (Phi) is 2.56. The Labute approximate surface area is 95.6 Å². The highest BCUT2D eigenvalue weighted by Gasteiger charge is 2.22. The molecule has 0 amide bonds. The van der Waals surface area contributed by atoms with Gasteiger partial charge in [-0.05, 0) is 6.92 Å². The lowest BCUT2D eigenvalue weighted by Gasteiger charge is -2.18. The van der Waals surface area contributed by atoms with Gasteiger partial charge in [0.25, 0.3) is 5.56 Å². The first-order valence-electron chi connectivity index (χ1n) is 4.85. The Morgan fingerprint density at radius 3 is 2.94 bits per heavy atom. The number of anilines is 3. The number of aromatic nitrogens is 2. The summed E-state index contributed by atoms with van der Waals surface area (Å²) in [6.07, 6.45) is 0.168. The first-order chi connectivity index (χ1) is 7.99. The van der Waals surface area contributed by atoms with Gasteiger partial charge in [-0.1, -0.05) is 0 Å². The molecule has 6 N–H and O–H groups in total. The summed E-state index contributed by atoms with van der Waals surface area (Å²) < 4.78 is 0. The zero-order chi connectivity index (χ0) is 12.6. The second kappa shape index (κ2) is 3.91. The molecule has 0 radical (unpaired) electrons. The van der Waals surface area contributed by atoms with Crippen LogP contribution in [0.1, 0.15) is 6.92 Å². The van der Waals surface area contributed by atoms with E-state index in [0.29, 0.717) is 0 Å². The van der Waals surface area contributed by atoms with Crippen LogP contribution in [0.4, 0.5) is 17.5 Å². The molecule has 8 nitrogen and oxygen atoms in total. The molecule has 1 unspecified atom stereocenters. The number of fused-ring (bicyclic) bond motifs is 1. The lowest BCUT2D eigenvalue weighted by molar-refractivity contribution is -0.122. The van der Waals surface area contributed by atoms with Crippen LogP contribution < -0.4 is 21.9 Å². The molecule has 2 heterocycles. The molecule has 1 aliphatic rings. The summed E-state index contributed by atoms with van der Waals surface area (Å²) in [5.74, 6) is -0.325. The lowest BCUT2D eigenvalue weighted by Crippen LogP contribution is -2.29.